The summed E-state index contributed by atoms with van der Waals surface area (Å²) in [7, 11) is 0. The Bertz CT molecular complexity index is 628. The first-order valence-corrected chi connectivity index (χ1v) is 8.26. The average molecular weight is 300 g/mol. The van der Waals surface area contributed by atoms with Crippen molar-refractivity contribution in [2.24, 2.45) is 0 Å². The minimum atomic E-state index is 0.215. The quantitative estimate of drug-likeness (QED) is 0.847. The summed E-state index contributed by atoms with van der Waals surface area (Å²) in [6.45, 7) is 4.72. The average Bonchev–Trinajstić information content (AvgIpc) is 3.21. The van der Waals surface area contributed by atoms with Crippen LogP contribution in [0.1, 0.15) is 34.7 Å². The first-order chi connectivity index (χ1) is 10.1. The summed E-state index contributed by atoms with van der Waals surface area (Å²) < 4.78 is 0. The van der Waals surface area contributed by atoms with E-state index in [1.54, 1.807) is 11.3 Å². The number of nitrogens with zero attached hydrogens (tertiary/aromatic N) is 2. The molecule has 1 saturated carbocycles. The molecule has 1 fully saturated rings. The summed E-state index contributed by atoms with van der Waals surface area (Å²) in [5.41, 5.74) is 3.33. The summed E-state index contributed by atoms with van der Waals surface area (Å²) >= 11 is 1.65. The zero-order valence-electron chi connectivity index (χ0n) is 12.5. The molecule has 2 aromatic rings. The molecule has 0 spiro atoms. The lowest BCUT2D eigenvalue weighted by Crippen LogP contribution is -2.33. The first-order valence-electron chi connectivity index (χ1n) is 7.38. The lowest BCUT2D eigenvalue weighted by molar-refractivity contribution is -0.131. The lowest BCUT2D eigenvalue weighted by atomic mass is 10.1. The van der Waals surface area contributed by atoms with Gasteiger partial charge in [0.25, 0.3) is 0 Å². The summed E-state index contributed by atoms with van der Waals surface area (Å²) in [5, 5.41) is 3.12. The number of carbonyl (C=O) groups excluding carboxylic acids is 1. The molecule has 1 aromatic carbocycles. The van der Waals surface area contributed by atoms with E-state index in [4.69, 9.17) is 0 Å². The highest BCUT2D eigenvalue weighted by Gasteiger charge is 2.32. The van der Waals surface area contributed by atoms with Crippen LogP contribution in [-0.2, 0) is 17.8 Å². The normalized spacial score (nSPS) is 14.2. The van der Waals surface area contributed by atoms with E-state index in [0.717, 1.165) is 29.1 Å². The summed E-state index contributed by atoms with van der Waals surface area (Å²) in [6.07, 6.45) is 2.74. The lowest BCUT2D eigenvalue weighted by Gasteiger charge is -2.21. The monoisotopic (exact) mass is 300 g/mol. The molecular weight excluding hydrogens is 280 g/mol. The van der Waals surface area contributed by atoms with Crippen molar-refractivity contribution in [3.05, 3.63) is 51.5 Å². The van der Waals surface area contributed by atoms with Gasteiger partial charge in [0.15, 0.2) is 0 Å². The molecule has 1 aromatic heterocycles. The van der Waals surface area contributed by atoms with Crippen molar-refractivity contribution < 1.29 is 4.79 Å². The third-order valence-corrected chi connectivity index (χ3v) is 4.61. The Hall–Kier alpha value is -1.68. The molecule has 110 valence electrons. The number of thiazole rings is 1. The van der Waals surface area contributed by atoms with Gasteiger partial charge in [0.1, 0.15) is 0 Å². The number of rotatable bonds is 5. The zero-order valence-corrected chi connectivity index (χ0v) is 13.3. The Labute approximate surface area is 129 Å². The van der Waals surface area contributed by atoms with Crippen molar-refractivity contribution in [1.82, 2.24) is 9.88 Å². The van der Waals surface area contributed by atoms with Gasteiger partial charge in [0.2, 0.25) is 5.91 Å². The number of carbonyl (C=O) groups is 1. The van der Waals surface area contributed by atoms with Crippen LogP contribution in [0.15, 0.2) is 29.6 Å². The Morgan fingerprint density at radius 2 is 2.00 bits per heavy atom. The third-order valence-electron chi connectivity index (χ3n) is 3.78. The highest BCUT2D eigenvalue weighted by molar-refractivity contribution is 7.09. The van der Waals surface area contributed by atoms with Gasteiger partial charge in [-0.05, 0) is 32.3 Å². The molecule has 21 heavy (non-hydrogen) atoms. The summed E-state index contributed by atoms with van der Waals surface area (Å²) in [6, 6.07) is 8.64. The molecule has 4 heteroatoms. The van der Waals surface area contributed by atoms with Crippen LogP contribution in [0.2, 0.25) is 0 Å². The molecule has 3 nitrogen and oxygen atoms in total. The van der Waals surface area contributed by atoms with E-state index in [2.05, 4.69) is 29.4 Å². The maximum atomic E-state index is 12.6. The molecule has 0 radical (unpaired) electrons. The number of hydrogen-bond donors (Lipinski definition) is 0. The summed E-state index contributed by atoms with van der Waals surface area (Å²) in [4.78, 5) is 19.1. The van der Waals surface area contributed by atoms with Gasteiger partial charge in [-0.3, -0.25) is 4.79 Å². The summed E-state index contributed by atoms with van der Waals surface area (Å²) in [5.74, 6) is 0.215. The van der Waals surface area contributed by atoms with Gasteiger partial charge in [-0.2, -0.15) is 0 Å². The standard InChI is InChI=1S/C17H20N2OS/c1-12-3-5-14(6-4-12)9-17(20)19(16-7-8-16)10-15-11-21-13(2)18-15/h3-6,11,16H,7-10H2,1-2H3. The Morgan fingerprint density at radius 3 is 2.57 bits per heavy atom. The predicted molar refractivity (Wildman–Crippen MR) is 85.3 cm³/mol. The van der Waals surface area contributed by atoms with Crippen LogP contribution >= 0.6 is 11.3 Å². The van der Waals surface area contributed by atoms with Crippen molar-refractivity contribution in [1.29, 1.82) is 0 Å². The molecule has 3 rings (SSSR count). The number of amides is 1. The van der Waals surface area contributed by atoms with Crippen molar-refractivity contribution >= 4 is 17.2 Å². The molecule has 0 saturated heterocycles. The fourth-order valence-electron chi connectivity index (χ4n) is 2.44. The van der Waals surface area contributed by atoms with Crippen molar-refractivity contribution in [2.45, 2.75) is 45.7 Å². The minimum Gasteiger partial charge on any atom is -0.333 e. The molecule has 0 N–H and O–H groups in total. The van der Waals surface area contributed by atoms with E-state index >= 15 is 0 Å². The molecule has 1 amide bonds. The maximum Gasteiger partial charge on any atom is 0.227 e. The SMILES string of the molecule is Cc1ccc(CC(=O)N(Cc2csc(C)n2)C2CC2)cc1. The van der Waals surface area contributed by atoms with E-state index < -0.39 is 0 Å². The van der Waals surface area contributed by atoms with Crippen LogP contribution in [0, 0.1) is 13.8 Å². The molecule has 1 aliphatic rings. The van der Waals surface area contributed by atoms with Gasteiger partial charge in [-0.15, -0.1) is 11.3 Å². The fraction of sp³-hybridized carbons (Fsp3) is 0.412. The van der Waals surface area contributed by atoms with E-state index in [1.807, 2.05) is 24.0 Å². The van der Waals surface area contributed by atoms with Gasteiger partial charge in [-0.25, -0.2) is 4.98 Å². The molecule has 0 aliphatic heterocycles. The van der Waals surface area contributed by atoms with Gasteiger partial charge in [0, 0.05) is 11.4 Å². The van der Waals surface area contributed by atoms with Crippen LogP contribution < -0.4 is 0 Å². The second-order valence-corrected chi connectivity index (χ2v) is 6.84. The van der Waals surface area contributed by atoms with Crippen LogP contribution in [0.25, 0.3) is 0 Å². The van der Waals surface area contributed by atoms with Crippen molar-refractivity contribution in [3.63, 3.8) is 0 Å². The van der Waals surface area contributed by atoms with Gasteiger partial charge in [0.05, 0.1) is 23.7 Å². The number of benzene rings is 1. The van der Waals surface area contributed by atoms with Gasteiger partial charge >= 0.3 is 0 Å². The van der Waals surface area contributed by atoms with Crippen LogP contribution in [0.3, 0.4) is 0 Å². The van der Waals surface area contributed by atoms with Crippen LogP contribution in [0.4, 0.5) is 0 Å². The van der Waals surface area contributed by atoms with Crippen LogP contribution in [-0.4, -0.2) is 21.8 Å². The van der Waals surface area contributed by atoms with E-state index in [0.29, 0.717) is 19.0 Å². The van der Waals surface area contributed by atoms with E-state index in [-0.39, 0.29) is 5.91 Å². The number of aromatic nitrogens is 1. The molecule has 0 bridgehead atoms. The highest BCUT2D eigenvalue weighted by atomic mass is 32.1. The molecule has 1 aliphatic carbocycles. The van der Waals surface area contributed by atoms with Gasteiger partial charge in [-0.1, -0.05) is 29.8 Å². The minimum absolute atomic E-state index is 0.215. The van der Waals surface area contributed by atoms with Crippen molar-refractivity contribution in [3.8, 4) is 0 Å². The predicted octanol–water partition coefficient (Wildman–Crippen LogP) is 3.49. The first kappa shape index (κ1) is 14.3. The van der Waals surface area contributed by atoms with Crippen molar-refractivity contribution in [2.75, 3.05) is 0 Å². The molecule has 0 atom stereocenters. The second kappa shape index (κ2) is 5.98. The topological polar surface area (TPSA) is 33.2 Å². The molecule has 1 heterocycles. The maximum absolute atomic E-state index is 12.6. The second-order valence-electron chi connectivity index (χ2n) is 5.77. The molecular formula is C17H20N2OS. The number of aryl methyl sites for hydroxylation is 2. The van der Waals surface area contributed by atoms with Crippen LogP contribution in [0.5, 0.6) is 0 Å². The third kappa shape index (κ3) is 3.70. The smallest absolute Gasteiger partial charge is 0.227 e. The van der Waals surface area contributed by atoms with E-state index in [9.17, 15) is 4.79 Å². The highest BCUT2D eigenvalue weighted by Crippen LogP contribution is 2.29. The van der Waals surface area contributed by atoms with Gasteiger partial charge < -0.3 is 4.90 Å². The Kier molecular flexibility index (Phi) is 4.06. The fourth-order valence-corrected chi connectivity index (χ4v) is 3.05. The Morgan fingerprint density at radius 1 is 1.29 bits per heavy atom. The number of hydrogen-bond acceptors (Lipinski definition) is 3. The Balaban J connectivity index is 1.68. The zero-order chi connectivity index (χ0) is 14.8. The largest absolute Gasteiger partial charge is 0.333 e. The molecule has 0 unspecified atom stereocenters. The van der Waals surface area contributed by atoms with E-state index in [1.165, 1.54) is 5.56 Å².